The number of aromatic nitrogens is 3. The van der Waals surface area contributed by atoms with Crippen molar-refractivity contribution in [3.05, 3.63) is 11.9 Å². The lowest BCUT2D eigenvalue weighted by atomic mass is 9.89. The number of carboxylic acids is 1. The van der Waals surface area contributed by atoms with Gasteiger partial charge in [0.15, 0.2) is 0 Å². The highest BCUT2D eigenvalue weighted by atomic mass is 16.4. The molecule has 1 aromatic rings. The third-order valence-electron chi connectivity index (χ3n) is 3.23. The van der Waals surface area contributed by atoms with Crippen LogP contribution in [0.5, 0.6) is 0 Å². The van der Waals surface area contributed by atoms with Gasteiger partial charge in [-0.3, -0.25) is 9.59 Å². The summed E-state index contributed by atoms with van der Waals surface area (Å²) in [6, 6.07) is 0. The summed E-state index contributed by atoms with van der Waals surface area (Å²) in [5, 5.41) is 22.1. The second-order valence-corrected chi connectivity index (χ2v) is 4.97. The van der Waals surface area contributed by atoms with Gasteiger partial charge in [-0.15, -0.1) is 5.10 Å². The van der Waals surface area contributed by atoms with E-state index in [-0.39, 0.29) is 24.4 Å². The second-order valence-electron chi connectivity index (χ2n) is 4.97. The van der Waals surface area contributed by atoms with E-state index in [2.05, 4.69) is 20.9 Å². The van der Waals surface area contributed by atoms with Crippen molar-refractivity contribution in [2.45, 2.75) is 26.4 Å². The van der Waals surface area contributed by atoms with Crippen LogP contribution in [-0.4, -0.2) is 45.1 Å². The molecule has 1 fully saturated rings. The Kier molecular flexibility index (Phi) is 3.79. The molecule has 1 amide bonds. The number of hydrogen-bond acceptors (Lipinski definition) is 5. The topological polar surface area (TPSA) is 109 Å². The van der Waals surface area contributed by atoms with Gasteiger partial charge in [0.05, 0.1) is 18.2 Å². The van der Waals surface area contributed by atoms with Crippen molar-refractivity contribution in [2.24, 2.45) is 5.41 Å². The molecule has 1 aromatic heterocycles. The summed E-state index contributed by atoms with van der Waals surface area (Å²) in [7, 11) is 0. The maximum Gasteiger partial charge on any atom is 0.325 e. The average Bonchev–Trinajstić information content (AvgIpc) is 2.95. The van der Waals surface area contributed by atoms with Crippen LogP contribution in [0.3, 0.4) is 0 Å². The molecule has 8 nitrogen and oxygen atoms in total. The molecule has 104 valence electrons. The first-order valence-electron chi connectivity index (χ1n) is 6.09. The standard InChI is InChI=1S/C11H17N5O3/c1-11(2-3-12-7-11)10(19)13-4-8-5-16(15-14-8)6-9(17)18/h5,12H,2-4,6-7H2,1H3,(H,13,19)(H,17,18). The van der Waals surface area contributed by atoms with Gasteiger partial charge in [0.2, 0.25) is 5.91 Å². The van der Waals surface area contributed by atoms with Crippen molar-refractivity contribution < 1.29 is 14.7 Å². The van der Waals surface area contributed by atoms with Gasteiger partial charge in [-0.05, 0) is 19.9 Å². The molecule has 0 bridgehead atoms. The lowest BCUT2D eigenvalue weighted by Crippen LogP contribution is -2.40. The minimum atomic E-state index is -0.981. The van der Waals surface area contributed by atoms with E-state index in [0.29, 0.717) is 12.2 Å². The van der Waals surface area contributed by atoms with E-state index in [9.17, 15) is 9.59 Å². The zero-order valence-corrected chi connectivity index (χ0v) is 10.7. The lowest BCUT2D eigenvalue weighted by molar-refractivity contribution is -0.138. The van der Waals surface area contributed by atoms with Crippen LogP contribution in [0, 0.1) is 5.41 Å². The molecule has 0 saturated carbocycles. The van der Waals surface area contributed by atoms with Gasteiger partial charge in [-0.1, -0.05) is 5.21 Å². The van der Waals surface area contributed by atoms with Crippen LogP contribution in [-0.2, 0) is 22.7 Å². The first-order chi connectivity index (χ1) is 8.99. The second kappa shape index (κ2) is 5.35. The van der Waals surface area contributed by atoms with Crippen molar-refractivity contribution in [1.82, 2.24) is 25.6 Å². The average molecular weight is 267 g/mol. The number of carboxylic acid groups (broad SMARTS) is 1. The number of carbonyl (C=O) groups is 2. The van der Waals surface area contributed by atoms with E-state index < -0.39 is 5.97 Å². The molecule has 1 aliphatic rings. The molecule has 2 rings (SSSR count). The fourth-order valence-corrected chi connectivity index (χ4v) is 2.03. The van der Waals surface area contributed by atoms with Crippen LogP contribution in [0.1, 0.15) is 19.0 Å². The highest BCUT2D eigenvalue weighted by Gasteiger charge is 2.35. The summed E-state index contributed by atoms with van der Waals surface area (Å²) in [4.78, 5) is 22.5. The number of nitrogens with one attached hydrogen (secondary N) is 2. The SMILES string of the molecule is CC1(C(=O)NCc2cn(CC(=O)O)nn2)CCNC1. The summed E-state index contributed by atoms with van der Waals surface area (Å²) in [5.41, 5.74) is 0.168. The van der Waals surface area contributed by atoms with Gasteiger partial charge in [0, 0.05) is 6.54 Å². The van der Waals surface area contributed by atoms with Gasteiger partial charge in [0.1, 0.15) is 12.2 Å². The Labute approximate surface area is 110 Å². The Balaban J connectivity index is 1.86. The van der Waals surface area contributed by atoms with Gasteiger partial charge in [-0.2, -0.15) is 0 Å². The largest absolute Gasteiger partial charge is 0.480 e. The predicted molar refractivity (Wildman–Crippen MR) is 65.1 cm³/mol. The molecule has 0 radical (unpaired) electrons. The van der Waals surface area contributed by atoms with Crippen LogP contribution < -0.4 is 10.6 Å². The van der Waals surface area contributed by atoms with Gasteiger partial charge in [0.25, 0.3) is 0 Å². The zero-order chi connectivity index (χ0) is 13.9. The number of amides is 1. The quantitative estimate of drug-likeness (QED) is 0.630. The molecule has 1 saturated heterocycles. The summed E-state index contributed by atoms with van der Waals surface area (Å²) in [5.74, 6) is -1.00. The van der Waals surface area contributed by atoms with E-state index in [1.54, 1.807) is 0 Å². The number of nitrogens with zero attached hydrogens (tertiary/aromatic N) is 3. The van der Waals surface area contributed by atoms with Crippen molar-refractivity contribution in [2.75, 3.05) is 13.1 Å². The van der Waals surface area contributed by atoms with Crippen molar-refractivity contribution >= 4 is 11.9 Å². The first-order valence-corrected chi connectivity index (χ1v) is 6.09. The minimum absolute atomic E-state index is 0.0229. The Bertz CT molecular complexity index is 478. The van der Waals surface area contributed by atoms with E-state index in [4.69, 9.17) is 5.11 Å². The number of rotatable bonds is 5. The molecule has 2 heterocycles. The molecular formula is C11H17N5O3. The molecule has 8 heteroatoms. The van der Waals surface area contributed by atoms with E-state index in [1.807, 2.05) is 6.92 Å². The smallest absolute Gasteiger partial charge is 0.325 e. The molecule has 1 aliphatic heterocycles. The van der Waals surface area contributed by atoms with Crippen LogP contribution in [0.15, 0.2) is 6.20 Å². The molecule has 1 atom stereocenters. The van der Waals surface area contributed by atoms with Crippen LogP contribution in [0.2, 0.25) is 0 Å². The van der Waals surface area contributed by atoms with Gasteiger partial charge in [-0.25, -0.2) is 4.68 Å². The van der Waals surface area contributed by atoms with Crippen LogP contribution >= 0.6 is 0 Å². The predicted octanol–water partition coefficient (Wildman–Crippen LogP) is -1.02. The maximum absolute atomic E-state index is 12.0. The number of hydrogen-bond donors (Lipinski definition) is 3. The Morgan fingerprint density at radius 1 is 1.63 bits per heavy atom. The lowest BCUT2D eigenvalue weighted by Gasteiger charge is -2.20. The molecule has 19 heavy (non-hydrogen) atoms. The molecule has 3 N–H and O–H groups in total. The van der Waals surface area contributed by atoms with Crippen LogP contribution in [0.4, 0.5) is 0 Å². The molecule has 0 aliphatic carbocycles. The monoisotopic (exact) mass is 267 g/mol. The Hall–Kier alpha value is -1.96. The number of aliphatic carboxylic acids is 1. The zero-order valence-electron chi connectivity index (χ0n) is 10.7. The fraction of sp³-hybridized carbons (Fsp3) is 0.636. The van der Waals surface area contributed by atoms with Crippen molar-refractivity contribution in [1.29, 1.82) is 0 Å². The van der Waals surface area contributed by atoms with Crippen LogP contribution in [0.25, 0.3) is 0 Å². The highest BCUT2D eigenvalue weighted by molar-refractivity contribution is 5.82. The molecule has 0 aromatic carbocycles. The third kappa shape index (κ3) is 3.28. The van der Waals surface area contributed by atoms with E-state index >= 15 is 0 Å². The Morgan fingerprint density at radius 2 is 2.42 bits per heavy atom. The minimum Gasteiger partial charge on any atom is -0.480 e. The number of carbonyl (C=O) groups excluding carboxylic acids is 1. The van der Waals surface area contributed by atoms with Crippen molar-refractivity contribution in [3.8, 4) is 0 Å². The normalized spacial score (nSPS) is 22.4. The third-order valence-corrected chi connectivity index (χ3v) is 3.23. The molecule has 1 unspecified atom stereocenters. The van der Waals surface area contributed by atoms with Gasteiger partial charge < -0.3 is 15.7 Å². The summed E-state index contributed by atoms with van der Waals surface area (Å²) < 4.78 is 1.22. The Morgan fingerprint density at radius 3 is 3.05 bits per heavy atom. The van der Waals surface area contributed by atoms with Crippen molar-refractivity contribution in [3.63, 3.8) is 0 Å². The molecular weight excluding hydrogens is 250 g/mol. The molecule has 0 spiro atoms. The summed E-state index contributed by atoms with van der Waals surface area (Å²) in [6.45, 7) is 3.46. The van der Waals surface area contributed by atoms with E-state index in [0.717, 1.165) is 13.0 Å². The van der Waals surface area contributed by atoms with Gasteiger partial charge >= 0.3 is 5.97 Å². The fourth-order valence-electron chi connectivity index (χ4n) is 2.03. The maximum atomic E-state index is 12.0. The summed E-state index contributed by atoms with van der Waals surface area (Å²) >= 11 is 0. The first kappa shape index (κ1) is 13.5. The van der Waals surface area contributed by atoms with E-state index in [1.165, 1.54) is 10.9 Å². The highest BCUT2D eigenvalue weighted by Crippen LogP contribution is 2.24. The summed E-state index contributed by atoms with van der Waals surface area (Å²) in [6.07, 6.45) is 2.33.